The summed E-state index contributed by atoms with van der Waals surface area (Å²) in [7, 11) is 0. The maximum absolute atomic E-state index is 13.2. The van der Waals surface area contributed by atoms with Gasteiger partial charge < -0.3 is 10.0 Å². The van der Waals surface area contributed by atoms with E-state index in [2.05, 4.69) is 9.88 Å². The van der Waals surface area contributed by atoms with Crippen LogP contribution in [0, 0.1) is 5.82 Å². The molecule has 1 aromatic rings. The molecule has 1 fully saturated rings. The molecule has 2 heterocycles. The number of amides is 1. The third-order valence-electron chi connectivity index (χ3n) is 3.31. The average Bonchev–Trinajstić information content (AvgIpc) is 2.40. The van der Waals surface area contributed by atoms with Gasteiger partial charge >= 0.3 is 0 Å². The SMILES string of the molecule is CC(C)(O)CN1CCN(C(=O)c2cc(F)cnc2Cl)CC1. The molecule has 1 amide bonds. The Morgan fingerprint density at radius 3 is 2.62 bits per heavy atom. The van der Waals surface area contributed by atoms with E-state index in [1.807, 2.05) is 0 Å². The van der Waals surface area contributed by atoms with E-state index in [4.69, 9.17) is 11.6 Å². The molecule has 0 spiro atoms. The van der Waals surface area contributed by atoms with Gasteiger partial charge in [0.15, 0.2) is 0 Å². The minimum atomic E-state index is -0.762. The van der Waals surface area contributed by atoms with Crippen LogP contribution in [0.1, 0.15) is 24.2 Å². The van der Waals surface area contributed by atoms with Crippen LogP contribution >= 0.6 is 11.6 Å². The number of carbonyl (C=O) groups excluding carboxylic acids is 1. The van der Waals surface area contributed by atoms with Crippen molar-refractivity contribution in [1.82, 2.24) is 14.8 Å². The standard InChI is InChI=1S/C14H19ClFN3O2/c1-14(2,21)9-18-3-5-19(6-4-18)13(20)11-7-10(16)8-17-12(11)15/h7-8,21H,3-6,9H2,1-2H3. The molecule has 0 unspecified atom stereocenters. The second kappa shape index (κ2) is 6.25. The van der Waals surface area contributed by atoms with Crippen LogP contribution in [0.2, 0.25) is 5.15 Å². The predicted octanol–water partition coefficient (Wildman–Crippen LogP) is 1.40. The normalized spacial score (nSPS) is 17.1. The number of nitrogens with zero attached hydrogens (tertiary/aromatic N) is 3. The van der Waals surface area contributed by atoms with Crippen molar-refractivity contribution in [3.63, 3.8) is 0 Å². The molecule has 0 bridgehead atoms. The van der Waals surface area contributed by atoms with E-state index < -0.39 is 11.4 Å². The van der Waals surface area contributed by atoms with Crippen LogP contribution < -0.4 is 0 Å². The van der Waals surface area contributed by atoms with Crippen molar-refractivity contribution in [2.24, 2.45) is 0 Å². The molecule has 21 heavy (non-hydrogen) atoms. The number of pyridine rings is 1. The molecule has 5 nitrogen and oxygen atoms in total. The van der Waals surface area contributed by atoms with Crippen molar-refractivity contribution >= 4 is 17.5 Å². The summed E-state index contributed by atoms with van der Waals surface area (Å²) in [5, 5.41) is 9.81. The van der Waals surface area contributed by atoms with Gasteiger partial charge in [0, 0.05) is 32.7 Å². The van der Waals surface area contributed by atoms with E-state index in [1.165, 1.54) is 0 Å². The molecule has 2 rings (SSSR count). The largest absolute Gasteiger partial charge is 0.389 e. The summed E-state index contributed by atoms with van der Waals surface area (Å²) >= 11 is 5.86. The highest BCUT2D eigenvalue weighted by molar-refractivity contribution is 6.32. The quantitative estimate of drug-likeness (QED) is 0.857. The van der Waals surface area contributed by atoms with Crippen LogP contribution in [0.3, 0.4) is 0 Å². The summed E-state index contributed by atoms with van der Waals surface area (Å²) in [6.45, 7) is 6.42. The van der Waals surface area contributed by atoms with Crippen LogP contribution in [-0.4, -0.2) is 64.1 Å². The molecular weight excluding hydrogens is 297 g/mol. The Morgan fingerprint density at radius 2 is 2.05 bits per heavy atom. The summed E-state index contributed by atoms with van der Waals surface area (Å²) < 4.78 is 13.2. The Morgan fingerprint density at radius 1 is 1.43 bits per heavy atom. The second-order valence-corrected chi connectivity index (χ2v) is 6.23. The summed E-state index contributed by atoms with van der Waals surface area (Å²) in [4.78, 5) is 19.7. The monoisotopic (exact) mass is 315 g/mol. The van der Waals surface area contributed by atoms with Gasteiger partial charge in [0.25, 0.3) is 5.91 Å². The van der Waals surface area contributed by atoms with Gasteiger partial charge in [0.2, 0.25) is 0 Å². The van der Waals surface area contributed by atoms with Gasteiger partial charge in [-0.1, -0.05) is 11.6 Å². The van der Waals surface area contributed by atoms with Gasteiger partial charge in [-0.3, -0.25) is 9.69 Å². The summed E-state index contributed by atoms with van der Waals surface area (Å²) in [5.74, 6) is -0.890. The first-order valence-electron chi connectivity index (χ1n) is 6.81. The van der Waals surface area contributed by atoms with Crippen LogP contribution in [0.5, 0.6) is 0 Å². The van der Waals surface area contributed by atoms with Gasteiger partial charge in [0.1, 0.15) is 11.0 Å². The van der Waals surface area contributed by atoms with E-state index >= 15 is 0 Å². The number of piperazine rings is 1. The zero-order valence-corrected chi connectivity index (χ0v) is 12.9. The summed E-state index contributed by atoms with van der Waals surface area (Å²) in [5.41, 5.74) is -0.672. The van der Waals surface area contributed by atoms with E-state index in [0.29, 0.717) is 32.7 Å². The van der Waals surface area contributed by atoms with Crippen LogP contribution in [0.4, 0.5) is 4.39 Å². The van der Waals surface area contributed by atoms with Crippen molar-refractivity contribution < 1.29 is 14.3 Å². The number of carbonyl (C=O) groups is 1. The molecule has 1 aromatic heterocycles. The number of hydrogen-bond acceptors (Lipinski definition) is 4. The fourth-order valence-corrected chi connectivity index (χ4v) is 2.58. The maximum atomic E-state index is 13.2. The Hall–Kier alpha value is -1.24. The minimum absolute atomic E-state index is 0.0142. The van der Waals surface area contributed by atoms with Gasteiger partial charge in [-0.2, -0.15) is 0 Å². The lowest BCUT2D eigenvalue weighted by Crippen LogP contribution is -2.52. The lowest BCUT2D eigenvalue weighted by atomic mass is 10.1. The van der Waals surface area contributed by atoms with Crippen molar-refractivity contribution in [3.8, 4) is 0 Å². The van der Waals surface area contributed by atoms with Gasteiger partial charge in [-0.15, -0.1) is 0 Å². The second-order valence-electron chi connectivity index (χ2n) is 5.87. The van der Waals surface area contributed by atoms with Crippen LogP contribution in [-0.2, 0) is 0 Å². The number of β-amino-alcohol motifs (C(OH)–C–C–N with tert-alkyl or cyclic N) is 1. The molecule has 0 saturated carbocycles. The molecule has 116 valence electrons. The van der Waals surface area contributed by atoms with E-state index in [-0.39, 0.29) is 16.6 Å². The number of aliphatic hydroxyl groups is 1. The highest BCUT2D eigenvalue weighted by Gasteiger charge is 2.26. The van der Waals surface area contributed by atoms with Gasteiger partial charge in [0.05, 0.1) is 17.4 Å². The average molecular weight is 316 g/mol. The third-order valence-corrected chi connectivity index (χ3v) is 3.61. The first kappa shape index (κ1) is 16.1. The number of halogens is 2. The number of rotatable bonds is 3. The first-order valence-corrected chi connectivity index (χ1v) is 7.19. The van der Waals surface area contributed by atoms with Crippen molar-refractivity contribution in [2.75, 3.05) is 32.7 Å². The predicted molar refractivity (Wildman–Crippen MR) is 77.8 cm³/mol. The molecule has 1 aliphatic heterocycles. The molecule has 1 aliphatic rings. The molecule has 1 saturated heterocycles. The fraction of sp³-hybridized carbons (Fsp3) is 0.571. The maximum Gasteiger partial charge on any atom is 0.257 e. The molecule has 0 aliphatic carbocycles. The Balaban J connectivity index is 1.99. The van der Waals surface area contributed by atoms with E-state index in [9.17, 15) is 14.3 Å². The van der Waals surface area contributed by atoms with Gasteiger partial charge in [-0.05, 0) is 19.9 Å². The Kier molecular flexibility index (Phi) is 4.81. The summed E-state index contributed by atoms with van der Waals surface area (Å²) in [6, 6.07) is 1.11. The number of aromatic nitrogens is 1. The van der Waals surface area contributed by atoms with Crippen LogP contribution in [0.15, 0.2) is 12.3 Å². The van der Waals surface area contributed by atoms with E-state index in [1.54, 1.807) is 18.7 Å². The zero-order chi connectivity index (χ0) is 15.6. The van der Waals surface area contributed by atoms with Crippen molar-refractivity contribution in [1.29, 1.82) is 0 Å². The van der Waals surface area contributed by atoms with Crippen LogP contribution in [0.25, 0.3) is 0 Å². The first-order chi connectivity index (χ1) is 9.76. The highest BCUT2D eigenvalue weighted by Crippen LogP contribution is 2.17. The molecule has 0 aromatic carbocycles. The molecule has 1 N–H and O–H groups in total. The van der Waals surface area contributed by atoms with E-state index in [0.717, 1.165) is 12.3 Å². The number of hydrogen-bond donors (Lipinski definition) is 1. The molecule has 0 atom stereocenters. The molecular formula is C14H19ClFN3O2. The minimum Gasteiger partial charge on any atom is -0.389 e. The lowest BCUT2D eigenvalue weighted by molar-refractivity contribution is 0.0178. The third kappa shape index (κ3) is 4.36. The highest BCUT2D eigenvalue weighted by atomic mass is 35.5. The molecule has 7 heteroatoms. The van der Waals surface area contributed by atoms with Gasteiger partial charge in [-0.25, -0.2) is 9.37 Å². The van der Waals surface area contributed by atoms with Crippen molar-refractivity contribution in [2.45, 2.75) is 19.4 Å². The lowest BCUT2D eigenvalue weighted by Gasteiger charge is -2.37. The fourth-order valence-electron chi connectivity index (χ4n) is 2.40. The topological polar surface area (TPSA) is 56.7 Å². The smallest absolute Gasteiger partial charge is 0.257 e. The molecule has 0 radical (unpaired) electrons. The Labute approximate surface area is 128 Å². The summed E-state index contributed by atoms with van der Waals surface area (Å²) in [6.07, 6.45) is 0.986. The van der Waals surface area contributed by atoms with Crippen molar-refractivity contribution in [3.05, 3.63) is 28.8 Å². The Bertz CT molecular complexity index is 525. The zero-order valence-electron chi connectivity index (χ0n) is 12.1.